The SMILES string of the molecule is COC(=O)c1c(C(C)C)[nH]c(=O)c(CNC(=O)OC(C)(C)C)c1-c1ccc(F)cc1.COC(=O)c1c(C(C)C)nc(OS(=O)(=O)C(F)(F)F)c(CNC(=O)OC(C)(C)C)c1-c1ccc(F)cc1. The summed E-state index contributed by atoms with van der Waals surface area (Å²) in [5, 5.41) is 4.83. The molecule has 2 amide bonds. The zero-order valence-electron chi connectivity index (χ0n) is 38.8. The summed E-state index contributed by atoms with van der Waals surface area (Å²) in [4.78, 5) is 69.5. The molecule has 0 unspecified atom stereocenters. The molecular formula is C45H53F5N4O12S. The fraction of sp³-hybridized carbons (Fsp3) is 0.422. The molecule has 0 saturated carbocycles. The second-order valence-corrected chi connectivity index (χ2v) is 18.7. The molecule has 4 aromatic rings. The number of carbonyl (C=O) groups is 4. The van der Waals surface area contributed by atoms with Crippen LogP contribution in [0.2, 0.25) is 0 Å². The van der Waals surface area contributed by atoms with Crippen LogP contribution >= 0.6 is 0 Å². The highest BCUT2D eigenvalue weighted by Crippen LogP contribution is 2.40. The number of alkyl halides is 3. The van der Waals surface area contributed by atoms with E-state index in [1.54, 1.807) is 55.4 Å². The highest BCUT2D eigenvalue weighted by molar-refractivity contribution is 7.88. The second kappa shape index (κ2) is 21.8. The standard InChI is InChI=1S/C23H26F4N2O7S.C22H27FN2O5/c1-12(2)18-17(20(30)34-6)16(13-7-9-14(24)10-8-13)15(11-28-21(31)35-22(3,4)5)19(29-18)36-37(32,33)23(25,26)27;1-12(2)18-17(20(27)29-6)16(13-7-9-14(23)10-8-13)15(19(26)25-18)11-24-21(28)30-22(3,4)5/h7-10,12H,11H2,1-6H3,(H,28,31);7-10,12H,11H2,1-6H3,(H,24,28)(H,25,26). The minimum Gasteiger partial charge on any atom is -0.465 e. The normalized spacial score (nSPS) is 11.9. The first-order valence-corrected chi connectivity index (χ1v) is 21.7. The molecule has 0 radical (unpaired) electrons. The highest BCUT2D eigenvalue weighted by Gasteiger charge is 2.49. The van der Waals surface area contributed by atoms with E-state index in [2.05, 4.69) is 24.8 Å². The molecule has 2 heterocycles. The predicted octanol–water partition coefficient (Wildman–Crippen LogP) is 9.17. The quantitative estimate of drug-likeness (QED) is 0.0397. The Kier molecular flexibility index (Phi) is 17.8. The number of methoxy groups -OCH3 is 2. The number of hydrogen-bond acceptors (Lipinski definition) is 13. The first-order valence-electron chi connectivity index (χ1n) is 20.3. The molecule has 0 saturated heterocycles. The molecule has 3 N–H and O–H groups in total. The first kappa shape index (κ1) is 54.8. The summed E-state index contributed by atoms with van der Waals surface area (Å²) < 4.78 is 115. The maximum Gasteiger partial charge on any atom is 0.534 e. The van der Waals surface area contributed by atoms with Crippen molar-refractivity contribution in [2.45, 2.75) is 111 Å². The summed E-state index contributed by atoms with van der Waals surface area (Å²) in [6.07, 6.45) is -1.71. The molecule has 67 heavy (non-hydrogen) atoms. The van der Waals surface area contributed by atoms with Crippen LogP contribution in [-0.4, -0.2) is 73.4 Å². The van der Waals surface area contributed by atoms with E-state index in [9.17, 15) is 54.3 Å². The number of esters is 2. The summed E-state index contributed by atoms with van der Waals surface area (Å²) in [5.41, 5.74) is -7.40. The van der Waals surface area contributed by atoms with E-state index < -0.39 is 92.1 Å². The number of alkyl carbamates (subject to hydrolysis) is 2. The number of ether oxygens (including phenoxy) is 4. The van der Waals surface area contributed by atoms with Gasteiger partial charge in [0.05, 0.1) is 44.1 Å². The van der Waals surface area contributed by atoms with Crippen LogP contribution in [0.5, 0.6) is 5.88 Å². The zero-order chi connectivity index (χ0) is 51.0. The molecule has 366 valence electrons. The fourth-order valence-corrected chi connectivity index (χ4v) is 6.56. The fourth-order valence-electron chi connectivity index (χ4n) is 6.12. The van der Waals surface area contributed by atoms with Gasteiger partial charge >= 0.3 is 39.8 Å². The summed E-state index contributed by atoms with van der Waals surface area (Å²) in [7, 11) is -3.92. The van der Waals surface area contributed by atoms with Crippen molar-refractivity contribution in [3.05, 3.63) is 104 Å². The van der Waals surface area contributed by atoms with Crippen LogP contribution in [-0.2, 0) is 42.2 Å². The van der Waals surface area contributed by atoms with Gasteiger partial charge < -0.3 is 38.7 Å². The van der Waals surface area contributed by atoms with Gasteiger partial charge in [-0.1, -0.05) is 52.0 Å². The van der Waals surface area contributed by atoms with Gasteiger partial charge in [0, 0.05) is 27.9 Å². The Hall–Kier alpha value is -6.58. The van der Waals surface area contributed by atoms with Crippen LogP contribution in [0.25, 0.3) is 22.3 Å². The topological polar surface area (TPSA) is 218 Å². The van der Waals surface area contributed by atoms with E-state index in [1.165, 1.54) is 43.5 Å². The number of aromatic nitrogens is 2. The van der Waals surface area contributed by atoms with Gasteiger partial charge in [0.25, 0.3) is 5.56 Å². The minimum absolute atomic E-state index is 0.0846. The van der Waals surface area contributed by atoms with Gasteiger partial charge in [-0.25, -0.2) is 32.9 Å². The Morgan fingerprint density at radius 3 is 1.45 bits per heavy atom. The monoisotopic (exact) mass is 968 g/mol. The number of H-pyrrole nitrogens is 1. The molecule has 4 rings (SSSR count). The molecule has 2 aromatic carbocycles. The Morgan fingerprint density at radius 2 is 1.07 bits per heavy atom. The third kappa shape index (κ3) is 14.7. The molecule has 0 spiro atoms. The molecule has 0 aliphatic heterocycles. The molecule has 2 aromatic heterocycles. The average Bonchev–Trinajstić information content (AvgIpc) is 3.20. The first-order chi connectivity index (χ1) is 30.8. The van der Waals surface area contributed by atoms with E-state index in [-0.39, 0.29) is 51.5 Å². The van der Waals surface area contributed by atoms with Crippen molar-refractivity contribution in [1.29, 1.82) is 0 Å². The number of pyridine rings is 2. The van der Waals surface area contributed by atoms with E-state index in [0.717, 1.165) is 19.2 Å². The summed E-state index contributed by atoms with van der Waals surface area (Å²) in [5.74, 6) is -4.60. The number of halogens is 5. The Bertz CT molecular complexity index is 2620. The molecule has 0 aliphatic rings. The van der Waals surface area contributed by atoms with Gasteiger partial charge in [-0.05, 0) is 88.8 Å². The number of nitrogens with one attached hydrogen (secondary N) is 3. The smallest absolute Gasteiger partial charge is 0.465 e. The van der Waals surface area contributed by atoms with Crippen molar-refractivity contribution in [2.75, 3.05) is 14.2 Å². The van der Waals surface area contributed by atoms with E-state index in [1.807, 2.05) is 13.8 Å². The third-order valence-corrected chi connectivity index (χ3v) is 9.83. The van der Waals surface area contributed by atoms with Gasteiger partial charge in [-0.3, -0.25) is 4.79 Å². The third-order valence-electron chi connectivity index (χ3n) is 8.89. The Labute approximate surface area is 384 Å². The lowest BCUT2D eigenvalue weighted by Gasteiger charge is -2.23. The van der Waals surface area contributed by atoms with Crippen molar-refractivity contribution in [3.63, 3.8) is 0 Å². The van der Waals surface area contributed by atoms with E-state index in [4.69, 9.17) is 18.9 Å². The van der Waals surface area contributed by atoms with Crippen molar-refractivity contribution in [2.24, 2.45) is 0 Å². The number of nitrogens with zero attached hydrogens (tertiary/aromatic N) is 1. The summed E-state index contributed by atoms with van der Waals surface area (Å²) in [6.45, 7) is 15.7. The summed E-state index contributed by atoms with van der Waals surface area (Å²) in [6, 6.07) is 9.86. The summed E-state index contributed by atoms with van der Waals surface area (Å²) >= 11 is 0. The molecule has 0 atom stereocenters. The molecule has 0 bridgehead atoms. The average molecular weight is 969 g/mol. The molecule has 0 fully saturated rings. The minimum atomic E-state index is -6.21. The largest absolute Gasteiger partial charge is 0.534 e. The number of amides is 2. The molecule has 16 nitrogen and oxygen atoms in total. The number of rotatable bonds is 12. The van der Waals surface area contributed by atoms with Gasteiger partial charge in [-0.15, -0.1) is 0 Å². The maximum absolute atomic E-state index is 13.7. The predicted molar refractivity (Wildman–Crippen MR) is 235 cm³/mol. The van der Waals surface area contributed by atoms with Crippen molar-refractivity contribution >= 4 is 34.2 Å². The van der Waals surface area contributed by atoms with E-state index >= 15 is 0 Å². The molecule has 0 aliphatic carbocycles. The second-order valence-electron chi connectivity index (χ2n) is 17.1. The molecule has 22 heteroatoms. The number of benzene rings is 2. The lowest BCUT2D eigenvalue weighted by molar-refractivity contribution is -0.0502. The van der Waals surface area contributed by atoms with Crippen LogP contribution in [0, 0.1) is 11.6 Å². The number of hydrogen-bond donors (Lipinski definition) is 3. The Morgan fingerprint density at radius 1 is 0.672 bits per heavy atom. The van der Waals surface area contributed by atoms with Crippen LogP contribution < -0.4 is 20.4 Å². The van der Waals surface area contributed by atoms with E-state index in [0.29, 0.717) is 11.3 Å². The van der Waals surface area contributed by atoms with Crippen LogP contribution in [0.15, 0.2) is 53.3 Å². The van der Waals surface area contributed by atoms with Gasteiger partial charge in [0.2, 0.25) is 5.88 Å². The van der Waals surface area contributed by atoms with Crippen LogP contribution in [0.3, 0.4) is 0 Å². The lowest BCUT2D eigenvalue weighted by Crippen LogP contribution is -2.34. The van der Waals surface area contributed by atoms with Crippen molar-refractivity contribution in [3.8, 4) is 28.1 Å². The van der Waals surface area contributed by atoms with Crippen LogP contribution in [0.4, 0.5) is 31.5 Å². The molecular weight excluding hydrogens is 916 g/mol. The maximum atomic E-state index is 13.7. The Balaban J connectivity index is 0.000000363. The van der Waals surface area contributed by atoms with Crippen LogP contribution in [0.1, 0.15) is 124 Å². The lowest BCUT2D eigenvalue weighted by atomic mass is 9.90. The van der Waals surface area contributed by atoms with Crippen molar-refractivity contribution in [1.82, 2.24) is 20.6 Å². The highest BCUT2D eigenvalue weighted by atomic mass is 32.2. The van der Waals surface area contributed by atoms with Crippen molar-refractivity contribution < 1.29 is 72.7 Å². The van der Waals surface area contributed by atoms with Gasteiger partial charge in [0.15, 0.2) is 0 Å². The van der Waals surface area contributed by atoms with Gasteiger partial charge in [0.1, 0.15) is 22.8 Å². The zero-order valence-corrected chi connectivity index (χ0v) is 39.6. The number of carbonyl (C=O) groups excluding carboxylic acids is 4. The number of aromatic amines is 1. The van der Waals surface area contributed by atoms with Gasteiger partial charge in [-0.2, -0.15) is 21.6 Å².